The fraction of sp³-hybridized carbons (Fsp3) is 0.367. The van der Waals surface area contributed by atoms with E-state index in [9.17, 15) is 26.4 Å². The summed E-state index contributed by atoms with van der Waals surface area (Å²) in [6.07, 6.45) is -0.768. The average Bonchev–Trinajstić information content (AvgIpc) is 2.92. The Kier molecular flexibility index (Phi) is 8.67. The number of amides is 1. The highest BCUT2D eigenvalue weighted by molar-refractivity contribution is 7.89. The van der Waals surface area contributed by atoms with Crippen LogP contribution in [0.1, 0.15) is 66.4 Å². The molecule has 2 unspecified atom stereocenters. The van der Waals surface area contributed by atoms with E-state index in [-0.39, 0.29) is 12.5 Å². The number of hydrogen-bond donors (Lipinski definition) is 3. The molecule has 218 valence electrons. The Balaban J connectivity index is 1.30. The minimum absolute atomic E-state index is 0.252. The first-order valence-corrected chi connectivity index (χ1v) is 15.1. The summed E-state index contributed by atoms with van der Waals surface area (Å²) < 4.78 is 74.3. The summed E-state index contributed by atoms with van der Waals surface area (Å²) in [5, 5.41) is 6.53. The van der Waals surface area contributed by atoms with Gasteiger partial charge in [-0.1, -0.05) is 55.0 Å². The Hall–Kier alpha value is -3.41. The molecule has 41 heavy (non-hydrogen) atoms. The minimum Gasteiger partial charge on any atom is -0.493 e. The SMILES string of the molecule is O=C(CC(NS(=O)(=O)c1cccc(C(F)(F)F)c1)c1ccccc1)NC1CCOc2cc(CNC3CCC3)ccc21. The number of benzene rings is 3. The molecule has 0 bridgehead atoms. The lowest BCUT2D eigenvalue weighted by Gasteiger charge is -2.29. The van der Waals surface area contributed by atoms with Crippen LogP contribution in [0.3, 0.4) is 0 Å². The van der Waals surface area contributed by atoms with Crippen molar-refractivity contribution >= 4 is 15.9 Å². The second-order valence-corrected chi connectivity index (χ2v) is 12.2. The van der Waals surface area contributed by atoms with E-state index >= 15 is 0 Å². The van der Waals surface area contributed by atoms with Crippen LogP contribution >= 0.6 is 0 Å². The molecule has 1 fully saturated rings. The lowest BCUT2D eigenvalue weighted by Crippen LogP contribution is -2.37. The van der Waals surface area contributed by atoms with Crippen molar-refractivity contribution in [1.82, 2.24) is 15.4 Å². The third-order valence-corrected chi connectivity index (χ3v) is 8.98. The van der Waals surface area contributed by atoms with Crippen LogP contribution in [0.25, 0.3) is 0 Å². The summed E-state index contributed by atoms with van der Waals surface area (Å²) in [4.78, 5) is 12.7. The summed E-state index contributed by atoms with van der Waals surface area (Å²) in [5.74, 6) is 0.304. The third-order valence-electron chi connectivity index (χ3n) is 7.51. The molecular formula is C30H32F3N3O4S. The smallest absolute Gasteiger partial charge is 0.416 e. The van der Waals surface area contributed by atoms with Gasteiger partial charge in [-0.15, -0.1) is 0 Å². The monoisotopic (exact) mass is 587 g/mol. The molecule has 2 aliphatic rings. The predicted octanol–water partition coefficient (Wildman–Crippen LogP) is 5.40. The van der Waals surface area contributed by atoms with Gasteiger partial charge in [-0.25, -0.2) is 13.1 Å². The third kappa shape index (κ3) is 7.27. The van der Waals surface area contributed by atoms with Crippen LogP contribution in [-0.4, -0.2) is 27.0 Å². The van der Waals surface area contributed by atoms with Crippen LogP contribution in [0.5, 0.6) is 5.75 Å². The number of ether oxygens (including phenoxy) is 1. The van der Waals surface area contributed by atoms with Crippen LogP contribution in [0.4, 0.5) is 13.2 Å². The van der Waals surface area contributed by atoms with E-state index in [4.69, 9.17) is 4.74 Å². The van der Waals surface area contributed by atoms with Crippen molar-refractivity contribution in [2.45, 2.75) is 67.8 Å². The number of fused-ring (bicyclic) bond motifs is 1. The zero-order chi connectivity index (χ0) is 29.0. The molecule has 0 aromatic heterocycles. The average molecular weight is 588 g/mol. The van der Waals surface area contributed by atoms with Crippen LogP contribution in [0, 0.1) is 0 Å². The number of carbonyl (C=O) groups is 1. The lowest BCUT2D eigenvalue weighted by atomic mass is 9.93. The van der Waals surface area contributed by atoms with Gasteiger partial charge < -0.3 is 15.4 Å². The van der Waals surface area contributed by atoms with Crippen molar-refractivity contribution in [3.63, 3.8) is 0 Å². The van der Waals surface area contributed by atoms with Gasteiger partial charge in [0.25, 0.3) is 0 Å². The zero-order valence-electron chi connectivity index (χ0n) is 22.3. The van der Waals surface area contributed by atoms with Gasteiger partial charge in [-0.3, -0.25) is 4.79 Å². The summed E-state index contributed by atoms with van der Waals surface area (Å²) in [7, 11) is -4.39. The molecule has 3 aromatic carbocycles. The van der Waals surface area contributed by atoms with Gasteiger partial charge in [0.1, 0.15) is 5.75 Å². The van der Waals surface area contributed by atoms with E-state index in [1.165, 1.54) is 19.3 Å². The van der Waals surface area contributed by atoms with Crippen LogP contribution in [0.15, 0.2) is 77.7 Å². The molecule has 3 aromatic rings. The van der Waals surface area contributed by atoms with E-state index in [2.05, 4.69) is 15.4 Å². The minimum atomic E-state index is -4.70. The first-order valence-electron chi connectivity index (χ1n) is 13.6. The predicted molar refractivity (Wildman–Crippen MR) is 147 cm³/mol. The molecule has 11 heteroatoms. The second-order valence-electron chi connectivity index (χ2n) is 10.5. The molecular weight excluding hydrogens is 555 g/mol. The topological polar surface area (TPSA) is 96.5 Å². The normalized spacial score (nSPS) is 18.1. The molecule has 1 saturated carbocycles. The molecule has 1 aliphatic heterocycles. The zero-order valence-corrected chi connectivity index (χ0v) is 23.1. The molecule has 0 radical (unpaired) electrons. The van der Waals surface area contributed by atoms with Gasteiger partial charge in [0, 0.05) is 31.0 Å². The standard InChI is InChI=1S/C30H32F3N3O4S/c31-30(32,33)22-8-4-11-24(17-22)41(38,39)36-27(21-6-2-1-3-7-21)18-29(37)35-26-14-15-40-28-16-20(12-13-25(26)28)19-34-23-9-5-10-23/h1-4,6-8,11-13,16-17,23,26-27,34,36H,5,9-10,14-15,18-19H2,(H,35,37). The van der Waals surface area contributed by atoms with Gasteiger partial charge >= 0.3 is 6.18 Å². The second kappa shape index (κ2) is 12.2. The molecule has 0 spiro atoms. The molecule has 2 atom stereocenters. The van der Waals surface area contributed by atoms with Crippen molar-refractivity contribution in [3.8, 4) is 5.75 Å². The molecule has 7 nitrogen and oxygen atoms in total. The van der Waals surface area contributed by atoms with Gasteiger partial charge in [-0.05, 0) is 48.2 Å². The summed E-state index contributed by atoms with van der Waals surface area (Å²) in [5.41, 5.74) is 1.37. The van der Waals surface area contributed by atoms with Crippen molar-refractivity contribution in [2.24, 2.45) is 0 Å². The van der Waals surface area contributed by atoms with Gasteiger partial charge in [0.2, 0.25) is 15.9 Å². The van der Waals surface area contributed by atoms with Crippen LogP contribution < -0.4 is 20.1 Å². The highest BCUT2D eigenvalue weighted by Crippen LogP contribution is 2.34. The molecule has 3 N–H and O–H groups in total. The Morgan fingerprint density at radius 3 is 2.46 bits per heavy atom. The lowest BCUT2D eigenvalue weighted by molar-refractivity contribution is -0.137. The van der Waals surface area contributed by atoms with Gasteiger partial charge in [0.15, 0.2) is 0 Å². The summed E-state index contributed by atoms with van der Waals surface area (Å²) in [6.45, 7) is 1.16. The van der Waals surface area contributed by atoms with E-state index in [1.807, 2.05) is 18.2 Å². The van der Waals surface area contributed by atoms with Gasteiger partial charge in [-0.2, -0.15) is 13.2 Å². The van der Waals surface area contributed by atoms with Crippen LogP contribution in [-0.2, 0) is 27.5 Å². The largest absolute Gasteiger partial charge is 0.493 e. The molecule has 1 aliphatic carbocycles. The molecule has 1 amide bonds. The summed E-state index contributed by atoms with van der Waals surface area (Å²) >= 11 is 0. The Morgan fingerprint density at radius 2 is 1.76 bits per heavy atom. The number of hydrogen-bond acceptors (Lipinski definition) is 5. The highest BCUT2D eigenvalue weighted by Gasteiger charge is 2.33. The highest BCUT2D eigenvalue weighted by atomic mass is 32.2. The number of nitrogens with one attached hydrogen (secondary N) is 3. The Labute approximate surface area is 237 Å². The number of sulfonamides is 1. The fourth-order valence-corrected chi connectivity index (χ4v) is 6.28. The van der Waals surface area contributed by atoms with Crippen molar-refractivity contribution in [1.29, 1.82) is 0 Å². The van der Waals surface area contributed by atoms with E-state index in [0.29, 0.717) is 36.4 Å². The van der Waals surface area contributed by atoms with E-state index < -0.39 is 38.6 Å². The van der Waals surface area contributed by atoms with Gasteiger partial charge in [0.05, 0.1) is 29.1 Å². The molecule has 0 saturated heterocycles. The summed E-state index contributed by atoms with van der Waals surface area (Å²) in [6, 6.07) is 17.2. The fourth-order valence-electron chi connectivity index (χ4n) is 5.01. The van der Waals surface area contributed by atoms with Crippen molar-refractivity contribution < 1.29 is 31.1 Å². The van der Waals surface area contributed by atoms with E-state index in [0.717, 1.165) is 35.9 Å². The van der Waals surface area contributed by atoms with Crippen molar-refractivity contribution in [2.75, 3.05) is 6.61 Å². The van der Waals surface area contributed by atoms with Crippen LogP contribution in [0.2, 0.25) is 0 Å². The number of alkyl halides is 3. The van der Waals surface area contributed by atoms with Crippen molar-refractivity contribution in [3.05, 3.63) is 95.1 Å². The van der Waals surface area contributed by atoms with E-state index in [1.54, 1.807) is 30.3 Å². The maximum Gasteiger partial charge on any atom is 0.416 e. The Bertz CT molecular complexity index is 1480. The quantitative estimate of drug-likeness (QED) is 0.295. The number of halogens is 3. The molecule has 5 rings (SSSR count). The number of rotatable bonds is 10. The first kappa shape index (κ1) is 29.1. The maximum atomic E-state index is 13.3. The maximum absolute atomic E-state index is 13.3. The Morgan fingerprint density at radius 1 is 0.976 bits per heavy atom. The molecule has 1 heterocycles. The first-order chi connectivity index (χ1) is 19.6. The number of carbonyl (C=O) groups excluding carboxylic acids is 1.